The second kappa shape index (κ2) is 7.35. The summed E-state index contributed by atoms with van der Waals surface area (Å²) in [5.41, 5.74) is 0.515. The fourth-order valence-corrected chi connectivity index (χ4v) is 2.39. The molecule has 0 aromatic heterocycles. The van der Waals surface area contributed by atoms with Crippen molar-refractivity contribution in [1.29, 1.82) is 0 Å². The molecule has 1 unspecified atom stereocenters. The molecule has 21 heavy (non-hydrogen) atoms. The highest BCUT2D eigenvalue weighted by Gasteiger charge is 2.17. The zero-order chi connectivity index (χ0) is 15.2. The maximum absolute atomic E-state index is 10.9. The molecule has 1 aromatic carbocycles. The van der Waals surface area contributed by atoms with Crippen LogP contribution in [0.2, 0.25) is 0 Å². The van der Waals surface area contributed by atoms with Gasteiger partial charge in [0.2, 0.25) is 0 Å². The molecule has 1 aliphatic rings. The molecule has 1 aromatic rings. The second-order valence-electron chi connectivity index (χ2n) is 5.17. The van der Waals surface area contributed by atoms with Crippen LogP contribution >= 0.6 is 0 Å². The van der Waals surface area contributed by atoms with Crippen molar-refractivity contribution >= 4 is 5.69 Å². The molecule has 0 saturated carbocycles. The number of rotatable bonds is 6. The molecule has 0 amide bonds. The lowest BCUT2D eigenvalue weighted by Gasteiger charge is -2.29. The van der Waals surface area contributed by atoms with Crippen molar-refractivity contribution in [1.82, 2.24) is 10.2 Å². The van der Waals surface area contributed by atoms with Gasteiger partial charge in [-0.2, -0.15) is 0 Å². The van der Waals surface area contributed by atoms with E-state index in [2.05, 4.69) is 10.2 Å². The lowest BCUT2D eigenvalue weighted by molar-refractivity contribution is -0.385. The molecule has 116 valence electrons. The van der Waals surface area contributed by atoms with Crippen LogP contribution in [0.15, 0.2) is 18.2 Å². The van der Waals surface area contributed by atoms with Crippen molar-refractivity contribution in [2.24, 2.45) is 0 Å². The highest BCUT2D eigenvalue weighted by atomic mass is 16.6. The maximum Gasteiger partial charge on any atom is 0.276 e. The number of nitrogens with zero attached hydrogens (tertiary/aromatic N) is 2. The van der Waals surface area contributed by atoms with Crippen LogP contribution < -0.4 is 10.1 Å². The lowest BCUT2D eigenvalue weighted by Crippen LogP contribution is -2.47. The van der Waals surface area contributed by atoms with Crippen molar-refractivity contribution in [2.45, 2.75) is 13.0 Å². The minimum atomic E-state index is -0.609. The Morgan fingerprint density at radius 3 is 2.86 bits per heavy atom. The molecule has 2 rings (SSSR count). The predicted octanol–water partition coefficient (Wildman–Crippen LogP) is 0.548. The van der Waals surface area contributed by atoms with E-state index in [1.165, 1.54) is 6.07 Å². The smallest absolute Gasteiger partial charge is 0.276 e. The first-order chi connectivity index (χ1) is 10.1. The number of hydrogen-bond donors (Lipinski definition) is 2. The first kappa shape index (κ1) is 15.7. The summed E-state index contributed by atoms with van der Waals surface area (Å²) in [6.45, 7) is 6.01. The summed E-state index contributed by atoms with van der Waals surface area (Å²) in [5.74, 6) is 0.448. The van der Waals surface area contributed by atoms with Crippen molar-refractivity contribution in [3.8, 4) is 5.75 Å². The summed E-state index contributed by atoms with van der Waals surface area (Å²) < 4.78 is 5.53. The van der Waals surface area contributed by atoms with E-state index in [-0.39, 0.29) is 12.3 Å². The van der Waals surface area contributed by atoms with E-state index in [4.69, 9.17) is 4.74 Å². The zero-order valence-corrected chi connectivity index (χ0v) is 12.1. The van der Waals surface area contributed by atoms with Crippen LogP contribution in [-0.2, 0) is 0 Å². The molecule has 7 heteroatoms. The molecule has 1 saturated heterocycles. The molecular formula is C14H21N3O4. The number of aliphatic hydroxyl groups excluding tert-OH is 1. The SMILES string of the molecule is Cc1c(OCC(O)CN2CCNCC2)cccc1[N+](=O)[O-]. The number of piperazine rings is 1. The predicted molar refractivity (Wildman–Crippen MR) is 78.6 cm³/mol. The molecule has 0 aliphatic carbocycles. The molecule has 0 bridgehead atoms. The Bertz CT molecular complexity index is 489. The summed E-state index contributed by atoms with van der Waals surface area (Å²) in [5, 5.41) is 24.1. The van der Waals surface area contributed by atoms with Crippen molar-refractivity contribution in [3.63, 3.8) is 0 Å². The summed E-state index contributed by atoms with van der Waals surface area (Å²) in [7, 11) is 0. The van der Waals surface area contributed by atoms with Crippen LogP contribution in [0.3, 0.4) is 0 Å². The highest BCUT2D eigenvalue weighted by Crippen LogP contribution is 2.27. The number of hydrogen-bond acceptors (Lipinski definition) is 6. The van der Waals surface area contributed by atoms with Crippen molar-refractivity contribution in [2.75, 3.05) is 39.3 Å². The summed E-state index contributed by atoms with van der Waals surface area (Å²) >= 11 is 0. The first-order valence-electron chi connectivity index (χ1n) is 7.06. The summed E-state index contributed by atoms with van der Waals surface area (Å²) in [4.78, 5) is 12.6. The molecule has 1 fully saturated rings. The van der Waals surface area contributed by atoms with E-state index in [9.17, 15) is 15.2 Å². The first-order valence-corrected chi connectivity index (χ1v) is 7.06. The standard InChI is InChI=1S/C14H21N3O4/c1-11-13(17(19)20)3-2-4-14(11)21-10-12(18)9-16-7-5-15-6-8-16/h2-4,12,15,18H,5-10H2,1H3. The molecular weight excluding hydrogens is 274 g/mol. The van der Waals surface area contributed by atoms with E-state index in [0.717, 1.165) is 26.2 Å². The normalized spacial score (nSPS) is 17.4. The van der Waals surface area contributed by atoms with Gasteiger partial charge in [-0.3, -0.25) is 15.0 Å². The zero-order valence-electron chi connectivity index (χ0n) is 12.1. The molecule has 1 heterocycles. The van der Waals surface area contributed by atoms with Crippen LogP contribution in [0, 0.1) is 17.0 Å². The summed E-state index contributed by atoms with van der Waals surface area (Å²) in [6.07, 6.45) is -0.609. The van der Waals surface area contributed by atoms with Crippen LogP contribution in [0.25, 0.3) is 0 Å². The van der Waals surface area contributed by atoms with E-state index >= 15 is 0 Å². The maximum atomic E-state index is 10.9. The Balaban J connectivity index is 1.87. The molecule has 1 atom stereocenters. The number of nitro benzene ring substituents is 1. The fourth-order valence-electron chi connectivity index (χ4n) is 2.39. The van der Waals surface area contributed by atoms with Gasteiger partial charge in [-0.1, -0.05) is 6.07 Å². The second-order valence-corrected chi connectivity index (χ2v) is 5.17. The van der Waals surface area contributed by atoms with E-state index < -0.39 is 11.0 Å². The van der Waals surface area contributed by atoms with Gasteiger partial charge in [-0.25, -0.2) is 0 Å². The van der Waals surface area contributed by atoms with Gasteiger partial charge in [-0.15, -0.1) is 0 Å². The average Bonchev–Trinajstić information content (AvgIpc) is 2.47. The third kappa shape index (κ3) is 4.38. The average molecular weight is 295 g/mol. The van der Waals surface area contributed by atoms with Gasteiger partial charge in [0.05, 0.1) is 10.5 Å². The molecule has 0 spiro atoms. The number of benzene rings is 1. The molecule has 1 aliphatic heterocycles. The van der Waals surface area contributed by atoms with Gasteiger partial charge in [0.25, 0.3) is 5.69 Å². The van der Waals surface area contributed by atoms with Crippen molar-refractivity contribution < 1.29 is 14.8 Å². The monoisotopic (exact) mass is 295 g/mol. The van der Waals surface area contributed by atoms with E-state index in [1.54, 1.807) is 19.1 Å². The number of nitro groups is 1. The van der Waals surface area contributed by atoms with Crippen LogP contribution in [-0.4, -0.2) is 60.4 Å². The number of ether oxygens (including phenoxy) is 1. The van der Waals surface area contributed by atoms with Gasteiger partial charge in [0, 0.05) is 38.8 Å². The Morgan fingerprint density at radius 2 is 2.19 bits per heavy atom. The minimum Gasteiger partial charge on any atom is -0.490 e. The van der Waals surface area contributed by atoms with Crippen molar-refractivity contribution in [3.05, 3.63) is 33.9 Å². The Kier molecular flexibility index (Phi) is 5.49. The fraction of sp³-hybridized carbons (Fsp3) is 0.571. The van der Waals surface area contributed by atoms with Crippen LogP contribution in [0.1, 0.15) is 5.56 Å². The van der Waals surface area contributed by atoms with Gasteiger partial charge in [0.15, 0.2) is 0 Å². The van der Waals surface area contributed by atoms with E-state index in [1.807, 2.05) is 0 Å². The highest BCUT2D eigenvalue weighted by molar-refractivity contribution is 5.48. The van der Waals surface area contributed by atoms with Crippen LogP contribution in [0.4, 0.5) is 5.69 Å². The minimum absolute atomic E-state index is 0.0316. The van der Waals surface area contributed by atoms with Gasteiger partial charge in [-0.05, 0) is 13.0 Å². The Hall–Kier alpha value is -1.70. The third-order valence-corrected chi connectivity index (χ3v) is 3.56. The summed E-state index contributed by atoms with van der Waals surface area (Å²) in [6, 6.07) is 4.71. The number of aliphatic hydroxyl groups is 1. The van der Waals surface area contributed by atoms with E-state index in [0.29, 0.717) is 17.9 Å². The van der Waals surface area contributed by atoms with Crippen LogP contribution in [0.5, 0.6) is 5.75 Å². The quantitative estimate of drug-likeness (QED) is 0.588. The van der Waals surface area contributed by atoms with Gasteiger partial charge in [0.1, 0.15) is 18.5 Å². The Morgan fingerprint density at radius 1 is 1.48 bits per heavy atom. The molecule has 0 radical (unpaired) electrons. The van der Waals surface area contributed by atoms with Gasteiger partial charge >= 0.3 is 0 Å². The van der Waals surface area contributed by atoms with Gasteiger partial charge < -0.3 is 15.2 Å². The topological polar surface area (TPSA) is 87.9 Å². The molecule has 2 N–H and O–H groups in total. The lowest BCUT2D eigenvalue weighted by atomic mass is 10.2. The number of nitrogens with one attached hydrogen (secondary N) is 1. The number of β-amino-alcohol motifs (C(OH)–C–C–N with tert-alkyl or cyclic N) is 1. The third-order valence-electron chi connectivity index (χ3n) is 3.56. The Labute approximate surface area is 123 Å². The molecule has 7 nitrogen and oxygen atoms in total. The largest absolute Gasteiger partial charge is 0.490 e.